The lowest BCUT2D eigenvalue weighted by Gasteiger charge is -2.21. The molecular weight excluding hydrogens is 194 g/mol. The van der Waals surface area contributed by atoms with Crippen LogP contribution in [0.2, 0.25) is 0 Å². The normalized spacial score (nSPS) is 10.9. The Morgan fingerprint density at radius 3 is 2.31 bits per heavy atom. The van der Waals surface area contributed by atoms with E-state index in [0.717, 1.165) is 6.54 Å². The van der Waals surface area contributed by atoms with Crippen molar-refractivity contribution in [2.75, 3.05) is 13.1 Å². The van der Waals surface area contributed by atoms with Crippen LogP contribution in [-0.2, 0) is 6.54 Å². The Labute approximate surface area is 100 Å². The standard InChI is InChI=1S/C15H24N/c1-3-5-12-16(13-6-4-2)14-15-10-8-7-9-11-15/h7-8,10-11H,3-6,12-14H2,1-2H3. The van der Waals surface area contributed by atoms with Crippen LogP contribution in [0.25, 0.3) is 0 Å². The van der Waals surface area contributed by atoms with Gasteiger partial charge in [-0.1, -0.05) is 44.9 Å². The maximum atomic E-state index is 3.15. The van der Waals surface area contributed by atoms with E-state index in [2.05, 4.69) is 43.0 Å². The highest BCUT2D eigenvalue weighted by atomic mass is 15.1. The van der Waals surface area contributed by atoms with Gasteiger partial charge in [-0.05, 0) is 43.6 Å². The SMILES string of the molecule is CCCCN(CCCC)Cc1c[c]ccc1. The third kappa shape index (κ3) is 5.32. The molecule has 1 radical (unpaired) electrons. The Hall–Kier alpha value is -0.820. The van der Waals surface area contributed by atoms with Gasteiger partial charge < -0.3 is 0 Å². The van der Waals surface area contributed by atoms with Gasteiger partial charge in [0, 0.05) is 6.54 Å². The predicted molar refractivity (Wildman–Crippen MR) is 70.4 cm³/mol. The third-order valence-corrected chi connectivity index (χ3v) is 2.83. The number of benzene rings is 1. The van der Waals surface area contributed by atoms with Crippen LogP contribution in [0, 0.1) is 6.07 Å². The highest BCUT2D eigenvalue weighted by Crippen LogP contribution is 2.07. The van der Waals surface area contributed by atoms with Crippen molar-refractivity contribution in [3.63, 3.8) is 0 Å². The van der Waals surface area contributed by atoms with Crippen LogP contribution in [0.3, 0.4) is 0 Å². The summed E-state index contributed by atoms with van der Waals surface area (Å²) in [6.07, 6.45) is 5.17. The van der Waals surface area contributed by atoms with Crippen molar-refractivity contribution in [3.8, 4) is 0 Å². The molecule has 0 aliphatic carbocycles. The molecule has 0 amide bonds. The lowest BCUT2D eigenvalue weighted by Crippen LogP contribution is -2.25. The number of nitrogens with zero attached hydrogens (tertiary/aromatic N) is 1. The van der Waals surface area contributed by atoms with Crippen molar-refractivity contribution in [3.05, 3.63) is 35.9 Å². The largest absolute Gasteiger partial charge is 0.299 e. The van der Waals surface area contributed by atoms with Gasteiger partial charge in [0.25, 0.3) is 0 Å². The summed E-state index contributed by atoms with van der Waals surface area (Å²) in [4.78, 5) is 2.57. The molecule has 1 aromatic carbocycles. The van der Waals surface area contributed by atoms with Gasteiger partial charge in [-0.25, -0.2) is 0 Å². The van der Waals surface area contributed by atoms with E-state index in [1.54, 1.807) is 0 Å². The molecule has 0 unspecified atom stereocenters. The Balaban J connectivity index is 2.42. The molecule has 0 heterocycles. The van der Waals surface area contributed by atoms with Crippen LogP contribution >= 0.6 is 0 Å². The average molecular weight is 218 g/mol. The third-order valence-electron chi connectivity index (χ3n) is 2.83. The zero-order valence-electron chi connectivity index (χ0n) is 10.7. The minimum atomic E-state index is 1.08. The Morgan fingerprint density at radius 2 is 1.81 bits per heavy atom. The second-order valence-electron chi connectivity index (χ2n) is 4.39. The smallest absolute Gasteiger partial charge is 0.0233 e. The topological polar surface area (TPSA) is 3.24 Å². The highest BCUT2D eigenvalue weighted by Gasteiger charge is 2.04. The summed E-state index contributed by atoms with van der Waals surface area (Å²) in [5.41, 5.74) is 1.38. The lowest BCUT2D eigenvalue weighted by molar-refractivity contribution is 0.257. The fraction of sp³-hybridized carbons (Fsp3) is 0.600. The summed E-state index contributed by atoms with van der Waals surface area (Å²) in [5, 5.41) is 0. The molecule has 0 saturated carbocycles. The number of hydrogen-bond donors (Lipinski definition) is 0. The molecule has 1 heteroatoms. The maximum Gasteiger partial charge on any atom is 0.0233 e. The molecule has 0 atom stereocenters. The fourth-order valence-electron chi connectivity index (χ4n) is 1.82. The molecule has 0 N–H and O–H groups in total. The van der Waals surface area contributed by atoms with Gasteiger partial charge in [0.1, 0.15) is 0 Å². The van der Waals surface area contributed by atoms with E-state index in [1.165, 1.54) is 44.3 Å². The van der Waals surface area contributed by atoms with Crippen molar-refractivity contribution < 1.29 is 0 Å². The first-order valence-corrected chi connectivity index (χ1v) is 6.54. The molecule has 0 bridgehead atoms. The highest BCUT2D eigenvalue weighted by molar-refractivity contribution is 5.13. The number of unbranched alkanes of at least 4 members (excludes halogenated alkanes) is 2. The average Bonchev–Trinajstić information content (AvgIpc) is 2.34. The minimum absolute atomic E-state index is 1.08. The minimum Gasteiger partial charge on any atom is -0.299 e. The van der Waals surface area contributed by atoms with Gasteiger partial charge in [0.2, 0.25) is 0 Å². The molecule has 1 rings (SSSR count). The van der Waals surface area contributed by atoms with Crippen LogP contribution in [0.15, 0.2) is 24.3 Å². The molecule has 0 aromatic heterocycles. The number of hydrogen-bond acceptors (Lipinski definition) is 1. The summed E-state index contributed by atoms with van der Waals surface area (Å²) in [7, 11) is 0. The van der Waals surface area contributed by atoms with E-state index in [-0.39, 0.29) is 0 Å². The Kier molecular flexibility index (Phi) is 6.91. The number of rotatable bonds is 8. The van der Waals surface area contributed by atoms with Gasteiger partial charge in [0.05, 0.1) is 0 Å². The molecule has 16 heavy (non-hydrogen) atoms. The molecule has 0 fully saturated rings. The zero-order chi connectivity index (χ0) is 11.6. The second kappa shape index (κ2) is 8.35. The van der Waals surface area contributed by atoms with Crippen molar-refractivity contribution in [1.29, 1.82) is 0 Å². The molecular formula is C15H24N. The molecule has 0 saturated heterocycles. The van der Waals surface area contributed by atoms with Crippen LogP contribution in [0.5, 0.6) is 0 Å². The molecule has 1 aromatic rings. The van der Waals surface area contributed by atoms with Crippen molar-refractivity contribution >= 4 is 0 Å². The summed E-state index contributed by atoms with van der Waals surface area (Å²) >= 11 is 0. The van der Waals surface area contributed by atoms with Crippen LogP contribution in [-0.4, -0.2) is 18.0 Å². The summed E-state index contributed by atoms with van der Waals surface area (Å²) in [6, 6.07) is 11.5. The molecule has 1 nitrogen and oxygen atoms in total. The maximum absolute atomic E-state index is 3.15. The first-order chi connectivity index (χ1) is 7.86. The summed E-state index contributed by atoms with van der Waals surface area (Å²) < 4.78 is 0. The second-order valence-corrected chi connectivity index (χ2v) is 4.39. The monoisotopic (exact) mass is 218 g/mol. The summed E-state index contributed by atoms with van der Waals surface area (Å²) in [5.74, 6) is 0. The lowest BCUT2D eigenvalue weighted by atomic mass is 10.2. The van der Waals surface area contributed by atoms with Gasteiger partial charge in [0.15, 0.2) is 0 Å². The molecule has 0 aliphatic rings. The van der Waals surface area contributed by atoms with Crippen LogP contribution in [0.1, 0.15) is 45.1 Å². The van der Waals surface area contributed by atoms with Gasteiger partial charge in [-0.15, -0.1) is 0 Å². The Bertz CT molecular complexity index is 247. The van der Waals surface area contributed by atoms with Gasteiger partial charge in [-0.3, -0.25) is 4.90 Å². The Morgan fingerprint density at radius 1 is 1.12 bits per heavy atom. The van der Waals surface area contributed by atoms with Crippen molar-refractivity contribution in [1.82, 2.24) is 4.90 Å². The van der Waals surface area contributed by atoms with E-state index in [0.29, 0.717) is 0 Å². The van der Waals surface area contributed by atoms with E-state index < -0.39 is 0 Å². The van der Waals surface area contributed by atoms with Crippen molar-refractivity contribution in [2.24, 2.45) is 0 Å². The van der Waals surface area contributed by atoms with E-state index in [1.807, 2.05) is 6.07 Å². The molecule has 0 spiro atoms. The van der Waals surface area contributed by atoms with Crippen LogP contribution < -0.4 is 0 Å². The van der Waals surface area contributed by atoms with Crippen molar-refractivity contribution in [2.45, 2.75) is 46.1 Å². The van der Waals surface area contributed by atoms with Crippen LogP contribution in [0.4, 0.5) is 0 Å². The fourth-order valence-corrected chi connectivity index (χ4v) is 1.82. The van der Waals surface area contributed by atoms with Gasteiger partial charge >= 0.3 is 0 Å². The van der Waals surface area contributed by atoms with E-state index >= 15 is 0 Å². The van der Waals surface area contributed by atoms with Gasteiger partial charge in [-0.2, -0.15) is 0 Å². The zero-order valence-corrected chi connectivity index (χ0v) is 10.7. The molecule has 0 aliphatic heterocycles. The van der Waals surface area contributed by atoms with E-state index in [4.69, 9.17) is 0 Å². The molecule has 89 valence electrons. The first-order valence-electron chi connectivity index (χ1n) is 6.54. The first kappa shape index (κ1) is 13.2. The quantitative estimate of drug-likeness (QED) is 0.640. The summed E-state index contributed by atoms with van der Waals surface area (Å²) in [6.45, 7) is 8.05. The predicted octanol–water partition coefficient (Wildman–Crippen LogP) is 3.89. The van der Waals surface area contributed by atoms with E-state index in [9.17, 15) is 0 Å².